The lowest BCUT2D eigenvalue weighted by Crippen LogP contribution is -2.71. The van der Waals surface area contributed by atoms with Crippen molar-refractivity contribution in [2.75, 3.05) is 0 Å². The molecule has 1 saturated heterocycles. The Morgan fingerprint density at radius 2 is 1.82 bits per heavy atom. The van der Waals surface area contributed by atoms with Crippen LogP contribution in [-0.4, -0.2) is 33.8 Å². The van der Waals surface area contributed by atoms with Gasteiger partial charge in [-0.3, -0.25) is 9.59 Å². The third-order valence-corrected chi connectivity index (χ3v) is 3.71. The standard InChI is InChI=1S/C13H24N2O2/c1-7-9-10(16)14-13(5,6)11(17)15(9)12(3,4)8-2/h9H,7-8H2,1-6H3,(H,14,16). The van der Waals surface area contributed by atoms with Crippen molar-refractivity contribution >= 4 is 11.8 Å². The van der Waals surface area contributed by atoms with E-state index in [-0.39, 0.29) is 23.4 Å². The number of rotatable bonds is 3. The highest BCUT2D eigenvalue weighted by Gasteiger charge is 2.49. The predicted molar refractivity (Wildman–Crippen MR) is 67.5 cm³/mol. The first-order chi connectivity index (χ1) is 7.67. The number of nitrogens with one attached hydrogen (secondary N) is 1. The largest absolute Gasteiger partial charge is 0.340 e. The molecule has 4 heteroatoms. The van der Waals surface area contributed by atoms with Crippen molar-refractivity contribution in [2.45, 2.75) is 71.5 Å². The summed E-state index contributed by atoms with van der Waals surface area (Å²) in [7, 11) is 0. The summed E-state index contributed by atoms with van der Waals surface area (Å²) in [5.41, 5.74) is -1.08. The molecule has 0 aromatic heterocycles. The molecule has 0 aromatic carbocycles. The van der Waals surface area contributed by atoms with Crippen LogP contribution in [0.2, 0.25) is 0 Å². The van der Waals surface area contributed by atoms with Gasteiger partial charge in [-0.15, -0.1) is 0 Å². The molecule has 0 saturated carbocycles. The van der Waals surface area contributed by atoms with Crippen LogP contribution in [0.4, 0.5) is 0 Å². The Bertz CT molecular complexity index is 334. The summed E-state index contributed by atoms with van der Waals surface area (Å²) in [6.45, 7) is 11.5. The molecule has 0 spiro atoms. The summed E-state index contributed by atoms with van der Waals surface area (Å²) in [6, 6.07) is -0.342. The maximum Gasteiger partial charge on any atom is 0.248 e. The fourth-order valence-electron chi connectivity index (χ4n) is 2.24. The quantitative estimate of drug-likeness (QED) is 0.816. The summed E-state index contributed by atoms with van der Waals surface area (Å²) in [5.74, 6) is -0.0329. The maximum absolute atomic E-state index is 12.5. The van der Waals surface area contributed by atoms with Crippen LogP contribution in [0.3, 0.4) is 0 Å². The monoisotopic (exact) mass is 240 g/mol. The molecule has 0 radical (unpaired) electrons. The van der Waals surface area contributed by atoms with Gasteiger partial charge >= 0.3 is 0 Å². The minimum absolute atomic E-state index is 0.0100. The van der Waals surface area contributed by atoms with Gasteiger partial charge in [0.05, 0.1) is 0 Å². The van der Waals surface area contributed by atoms with E-state index in [9.17, 15) is 9.59 Å². The van der Waals surface area contributed by atoms with Crippen molar-refractivity contribution in [3.8, 4) is 0 Å². The number of amides is 2. The van der Waals surface area contributed by atoms with Crippen molar-refractivity contribution in [3.05, 3.63) is 0 Å². The van der Waals surface area contributed by atoms with E-state index in [0.29, 0.717) is 6.42 Å². The molecule has 0 bridgehead atoms. The van der Waals surface area contributed by atoms with Crippen molar-refractivity contribution in [1.82, 2.24) is 10.2 Å². The van der Waals surface area contributed by atoms with Gasteiger partial charge in [-0.25, -0.2) is 0 Å². The zero-order chi connectivity index (χ0) is 13.4. The van der Waals surface area contributed by atoms with E-state index in [1.165, 1.54) is 0 Å². The van der Waals surface area contributed by atoms with Crippen LogP contribution in [0.5, 0.6) is 0 Å². The molecule has 1 fully saturated rings. The van der Waals surface area contributed by atoms with E-state index in [0.717, 1.165) is 6.42 Å². The van der Waals surface area contributed by atoms with Crippen LogP contribution >= 0.6 is 0 Å². The van der Waals surface area contributed by atoms with Crippen molar-refractivity contribution in [3.63, 3.8) is 0 Å². The molecule has 17 heavy (non-hydrogen) atoms. The van der Waals surface area contributed by atoms with Gasteiger partial charge in [0.25, 0.3) is 0 Å². The van der Waals surface area contributed by atoms with E-state index in [1.807, 2.05) is 27.7 Å². The molecule has 0 aromatic rings. The second-order valence-electron chi connectivity index (χ2n) is 5.88. The topological polar surface area (TPSA) is 49.4 Å². The first-order valence-electron chi connectivity index (χ1n) is 6.33. The van der Waals surface area contributed by atoms with Gasteiger partial charge in [0.15, 0.2) is 0 Å². The highest BCUT2D eigenvalue weighted by Crippen LogP contribution is 2.29. The van der Waals surface area contributed by atoms with Crippen LogP contribution in [-0.2, 0) is 9.59 Å². The smallest absolute Gasteiger partial charge is 0.248 e. The predicted octanol–water partition coefficient (Wildman–Crippen LogP) is 1.69. The molecule has 1 aliphatic rings. The van der Waals surface area contributed by atoms with E-state index in [1.54, 1.807) is 18.7 Å². The number of carbonyl (C=O) groups excluding carboxylic acids is 2. The Balaban J connectivity index is 3.19. The SMILES string of the molecule is CCC1C(=O)NC(C)(C)C(=O)N1C(C)(C)CC. The third-order valence-electron chi connectivity index (χ3n) is 3.71. The Morgan fingerprint density at radius 1 is 1.29 bits per heavy atom. The molecular formula is C13H24N2O2. The van der Waals surface area contributed by atoms with E-state index >= 15 is 0 Å². The van der Waals surface area contributed by atoms with Crippen LogP contribution in [0.15, 0.2) is 0 Å². The van der Waals surface area contributed by atoms with Gasteiger partial charge in [-0.1, -0.05) is 13.8 Å². The Labute approximate surface area is 104 Å². The first-order valence-corrected chi connectivity index (χ1v) is 6.33. The fourth-order valence-corrected chi connectivity index (χ4v) is 2.24. The van der Waals surface area contributed by atoms with Gasteiger partial charge in [-0.05, 0) is 40.5 Å². The van der Waals surface area contributed by atoms with Crippen molar-refractivity contribution in [2.24, 2.45) is 0 Å². The average molecular weight is 240 g/mol. The van der Waals surface area contributed by atoms with Crippen LogP contribution in [0, 0.1) is 0 Å². The fraction of sp³-hybridized carbons (Fsp3) is 0.846. The van der Waals surface area contributed by atoms with Crippen LogP contribution < -0.4 is 5.32 Å². The normalized spacial score (nSPS) is 24.8. The molecule has 1 unspecified atom stereocenters. The lowest BCUT2D eigenvalue weighted by atomic mass is 9.88. The van der Waals surface area contributed by atoms with E-state index < -0.39 is 5.54 Å². The third kappa shape index (κ3) is 2.31. The van der Waals surface area contributed by atoms with E-state index in [4.69, 9.17) is 0 Å². The molecule has 2 amide bonds. The number of hydrogen-bond acceptors (Lipinski definition) is 2. The maximum atomic E-state index is 12.5. The van der Waals surface area contributed by atoms with Gasteiger partial charge < -0.3 is 10.2 Å². The highest BCUT2D eigenvalue weighted by molar-refractivity contribution is 5.99. The number of carbonyl (C=O) groups is 2. The Hall–Kier alpha value is -1.06. The minimum Gasteiger partial charge on any atom is -0.340 e. The molecule has 1 aliphatic heterocycles. The first kappa shape index (κ1) is 14.0. The van der Waals surface area contributed by atoms with Crippen molar-refractivity contribution < 1.29 is 9.59 Å². The van der Waals surface area contributed by atoms with Crippen molar-refractivity contribution in [1.29, 1.82) is 0 Å². The summed E-state index contributed by atoms with van der Waals surface area (Å²) in [4.78, 5) is 26.3. The molecule has 98 valence electrons. The van der Waals surface area contributed by atoms with Gasteiger partial charge in [0.1, 0.15) is 11.6 Å². The number of nitrogens with zero attached hydrogens (tertiary/aromatic N) is 1. The summed E-state index contributed by atoms with van der Waals surface area (Å²) in [6.07, 6.45) is 1.48. The number of piperazine rings is 1. The molecule has 0 aliphatic carbocycles. The summed E-state index contributed by atoms with van der Waals surface area (Å²) >= 11 is 0. The zero-order valence-corrected chi connectivity index (χ0v) is 11.8. The lowest BCUT2D eigenvalue weighted by molar-refractivity contribution is -0.160. The molecule has 1 heterocycles. The Kier molecular flexibility index (Phi) is 3.55. The highest BCUT2D eigenvalue weighted by atomic mass is 16.2. The van der Waals surface area contributed by atoms with Gasteiger partial charge in [0.2, 0.25) is 11.8 Å². The lowest BCUT2D eigenvalue weighted by Gasteiger charge is -2.50. The zero-order valence-electron chi connectivity index (χ0n) is 11.8. The summed E-state index contributed by atoms with van der Waals surface area (Å²) < 4.78 is 0. The van der Waals surface area contributed by atoms with Crippen LogP contribution in [0.1, 0.15) is 54.4 Å². The van der Waals surface area contributed by atoms with Gasteiger partial charge in [0, 0.05) is 5.54 Å². The second-order valence-corrected chi connectivity index (χ2v) is 5.88. The molecule has 1 rings (SSSR count). The summed E-state index contributed by atoms with van der Waals surface area (Å²) in [5, 5.41) is 2.80. The average Bonchev–Trinajstić information content (AvgIpc) is 2.22. The minimum atomic E-state index is -0.796. The van der Waals surface area contributed by atoms with Gasteiger partial charge in [-0.2, -0.15) is 0 Å². The number of hydrogen-bond donors (Lipinski definition) is 1. The second kappa shape index (κ2) is 4.31. The van der Waals surface area contributed by atoms with Crippen LogP contribution in [0.25, 0.3) is 0 Å². The molecule has 4 nitrogen and oxygen atoms in total. The van der Waals surface area contributed by atoms with E-state index in [2.05, 4.69) is 5.32 Å². The molecule has 1 atom stereocenters. The molecular weight excluding hydrogens is 216 g/mol. The Morgan fingerprint density at radius 3 is 2.24 bits per heavy atom. The molecule has 1 N–H and O–H groups in total.